The molecule has 13 heteroatoms. The van der Waals surface area contributed by atoms with E-state index >= 15 is 0 Å². The zero-order valence-corrected chi connectivity index (χ0v) is 28.4. The first-order chi connectivity index (χ1) is 21.6. The number of phenols is 1. The van der Waals surface area contributed by atoms with Crippen LogP contribution in [0.1, 0.15) is 97.9 Å². The Morgan fingerprint density at radius 2 is 1.50 bits per heavy atom. The molecule has 0 radical (unpaired) electrons. The number of likely N-dealkylation sites (N-methyl/N-ethyl adjacent to an activating group) is 1. The third kappa shape index (κ3) is 12.9. The van der Waals surface area contributed by atoms with Crippen LogP contribution in [0.5, 0.6) is 5.75 Å². The number of halogens is 1. The summed E-state index contributed by atoms with van der Waals surface area (Å²) in [6, 6.07) is -0.531. The number of carbonyl (C=O) groups is 5. The Morgan fingerprint density at radius 1 is 0.848 bits per heavy atom. The summed E-state index contributed by atoms with van der Waals surface area (Å²) in [5, 5.41) is 34.0. The fraction of sp³-hybridized carbons (Fsp3) is 0.667. The average Bonchev–Trinajstić information content (AvgIpc) is 2.98. The third-order valence-electron chi connectivity index (χ3n) is 7.73. The Bertz CT molecular complexity index is 1180. The molecule has 1 aromatic carbocycles. The second-order valence-electron chi connectivity index (χ2n) is 12.6. The standard InChI is InChI=1S/C33H54FN5O7/c1-9-12-23(36-33(46)29(20(8)10-2)39-30(43)21-13-14-25(40)22(34)16-21)31(44)37-24(15-18(4)5)26(41)17-27(42)38-28(19(6)7)32(45)35-11-3/h13-14,16,18-20,23-24,26,28-29,40-41H,9-12,15,17H2,1-8H3,(H,35,45)(H,36,46)(H,37,44)(H,38,42)(H,39,43)/t20-,23-,24-,26-,28-,29-/m0/s1. The molecule has 0 aliphatic heterocycles. The lowest BCUT2D eigenvalue weighted by molar-refractivity contribution is -0.133. The molecule has 0 fully saturated rings. The molecule has 0 heterocycles. The summed E-state index contributed by atoms with van der Waals surface area (Å²) in [4.78, 5) is 65.1. The van der Waals surface area contributed by atoms with E-state index in [4.69, 9.17) is 0 Å². The molecule has 260 valence electrons. The van der Waals surface area contributed by atoms with Crippen LogP contribution in [-0.2, 0) is 19.2 Å². The Morgan fingerprint density at radius 3 is 2.02 bits per heavy atom. The molecule has 0 aliphatic carbocycles. The molecule has 1 rings (SSSR count). The lowest BCUT2D eigenvalue weighted by Gasteiger charge is -2.30. The first-order valence-electron chi connectivity index (χ1n) is 16.2. The highest BCUT2D eigenvalue weighted by atomic mass is 19.1. The first-order valence-corrected chi connectivity index (χ1v) is 16.2. The highest BCUT2D eigenvalue weighted by molar-refractivity contribution is 5.98. The van der Waals surface area contributed by atoms with Gasteiger partial charge in [0.2, 0.25) is 23.6 Å². The number of hydrogen-bond acceptors (Lipinski definition) is 7. The van der Waals surface area contributed by atoms with Gasteiger partial charge in [-0.25, -0.2) is 4.39 Å². The van der Waals surface area contributed by atoms with Crippen LogP contribution in [0, 0.1) is 23.6 Å². The van der Waals surface area contributed by atoms with Crippen molar-refractivity contribution in [2.45, 2.75) is 118 Å². The van der Waals surface area contributed by atoms with Gasteiger partial charge in [-0.3, -0.25) is 24.0 Å². The number of aromatic hydroxyl groups is 1. The van der Waals surface area contributed by atoms with E-state index in [9.17, 15) is 38.6 Å². The number of carbonyl (C=O) groups excluding carboxylic acids is 5. The van der Waals surface area contributed by atoms with Gasteiger partial charge in [0.25, 0.3) is 5.91 Å². The summed E-state index contributed by atoms with van der Waals surface area (Å²) in [5.74, 6) is -4.85. The van der Waals surface area contributed by atoms with Crippen molar-refractivity contribution in [3.63, 3.8) is 0 Å². The minimum Gasteiger partial charge on any atom is -0.505 e. The lowest BCUT2D eigenvalue weighted by atomic mass is 9.95. The molecule has 7 N–H and O–H groups in total. The summed E-state index contributed by atoms with van der Waals surface area (Å²) in [5.41, 5.74) is -0.0838. The number of rotatable bonds is 19. The largest absolute Gasteiger partial charge is 0.505 e. The highest BCUT2D eigenvalue weighted by Gasteiger charge is 2.33. The molecule has 0 unspecified atom stereocenters. The van der Waals surface area contributed by atoms with E-state index in [0.29, 0.717) is 25.8 Å². The van der Waals surface area contributed by atoms with Crippen molar-refractivity contribution in [2.75, 3.05) is 6.54 Å². The number of benzene rings is 1. The van der Waals surface area contributed by atoms with Crippen LogP contribution in [0.3, 0.4) is 0 Å². The third-order valence-corrected chi connectivity index (χ3v) is 7.73. The maximum Gasteiger partial charge on any atom is 0.252 e. The van der Waals surface area contributed by atoms with Gasteiger partial charge in [-0.05, 0) is 55.7 Å². The van der Waals surface area contributed by atoms with Crippen molar-refractivity contribution in [2.24, 2.45) is 17.8 Å². The Hall–Kier alpha value is -3.74. The second-order valence-corrected chi connectivity index (χ2v) is 12.6. The molecule has 0 aliphatic rings. The van der Waals surface area contributed by atoms with E-state index in [1.165, 1.54) is 6.07 Å². The smallest absolute Gasteiger partial charge is 0.252 e. The van der Waals surface area contributed by atoms with Gasteiger partial charge >= 0.3 is 0 Å². The van der Waals surface area contributed by atoms with Gasteiger partial charge in [-0.15, -0.1) is 0 Å². The van der Waals surface area contributed by atoms with Crippen molar-refractivity contribution in [3.05, 3.63) is 29.6 Å². The zero-order chi connectivity index (χ0) is 35.1. The molecule has 46 heavy (non-hydrogen) atoms. The van der Waals surface area contributed by atoms with E-state index in [1.54, 1.807) is 27.7 Å². The number of nitrogens with one attached hydrogen (secondary N) is 5. The van der Waals surface area contributed by atoms with Gasteiger partial charge in [-0.2, -0.15) is 0 Å². The van der Waals surface area contributed by atoms with E-state index < -0.39 is 65.5 Å². The number of aliphatic hydroxyl groups is 1. The number of aliphatic hydroxyl groups excluding tert-OH is 1. The fourth-order valence-electron chi connectivity index (χ4n) is 4.88. The molecule has 0 spiro atoms. The highest BCUT2D eigenvalue weighted by Crippen LogP contribution is 2.18. The predicted molar refractivity (Wildman–Crippen MR) is 173 cm³/mol. The molecular weight excluding hydrogens is 597 g/mol. The van der Waals surface area contributed by atoms with Crippen LogP contribution in [0.25, 0.3) is 0 Å². The topological polar surface area (TPSA) is 186 Å². The number of hydrogen-bond donors (Lipinski definition) is 7. The van der Waals surface area contributed by atoms with Crippen molar-refractivity contribution in [3.8, 4) is 5.75 Å². The Balaban J connectivity index is 3.08. The fourth-order valence-corrected chi connectivity index (χ4v) is 4.88. The van der Waals surface area contributed by atoms with Crippen molar-refractivity contribution in [1.29, 1.82) is 0 Å². The van der Waals surface area contributed by atoms with Crippen LogP contribution >= 0.6 is 0 Å². The Kier molecular flexibility index (Phi) is 17.3. The summed E-state index contributed by atoms with van der Waals surface area (Å²) in [6.45, 7) is 15.0. The van der Waals surface area contributed by atoms with Crippen LogP contribution in [0.15, 0.2) is 18.2 Å². The molecule has 1 aromatic rings. The maximum absolute atomic E-state index is 13.9. The van der Waals surface area contributed by atoms with E-state index in [2.05, 4.69) is 26.6 Å². The molecule has 6 atom stereocenters. The lowest BCUT2D eigenvalue weighted by Crippen LogP contribution is -2.58. The predicted octanol–water partition coefficient (Wildman–Crippen LogP) is 2.52. The molecule has 0 aromatic heterocycles. The van der Waals surface area contributed by atoms with E-state index in [0.717, 1.165) is 12.1 Å². The van der Waals surface area contributed by atoms with E-state index in [1.807, 2.05) is 27.7 Å². The second kappa shape index (κ2) is 19.7. The van der Waals surface area contributed by atoms with Gasteiger partial charge in [0.1, 0.15) is 18.1 Å². The summed E-state index contributed by atoms with van der Waals surface area (Å²) < 4.78 is 13.9. The van der Waals surface area contributed by atoms with Crippen LogP contribution in [-0.4, -0.2) is 76.6 Å². The van der Waals surface area contributed by atoms with Crippen molar-refractivity contribution in [1.82, 2.24) is 26.6 Å². The van der Waals surface area contributed by atoms with Crippen molar-refractivity contribution >= 4 is 29.5 Å². The minimum atomic E-state index is -1.27. The minimum absolute atomic E-state index is 0.0377. The SMILES string of the molecule is CCC[C@H](NC(=O)[C@@H](NC(=O)c1ccc(O)c(F)c1)[C@@H](C)CC)C(=O)N[C@@H](CC(C)C)[C@@H](O)CC(=O)N[C@H](C(=O)NCC)C(C)C. The molecular formula is C33H54FN5O7. The van der Waals surface area contributed by atoms with Gasteiger partial charge in [0, 0.05) is 12.1 Å². The molecule has 0 saturated heterocycles. The summed E-state index contributed by atoms with van der Waals surface area (Å²) in [7, 11) is 0. The molecule has 5 amide bonds. The summed E-state index contributed by atoms with van der Waals surface area (Å²) >= 11 is 0. The van der Waals surface area contributed by atoms with Crippen LogP contribution in [0.2, 0.25) is 0 Å². The molecule has 12 nitrogen and oxygen atoms in total. The van der Waals surface area contributed by atoms with Crippen LogP contribution < -0.4 is 26.6 Å². The number of amides is 5. The normalized spacial score (nSPS) is 15.2. The molecule has 0 bridgehead atoms. The summed E-state index contributed by atoms with van der Waals surface area (Å²) in [6.07, 6.45) is 0.00728. The van der Waals surface area contributed by atoms with Gasteiger partial charge in [0.05, 0.1) is 18.6 Å². The van der Waals surface area contributed by atoms with Crippen molar-refractivity contribution < 1.29 is 38.6 Å². The van der Waals surface area contributed by atoms with Gasteiger partial charge in [0.15, 0.2) is 11.6 Å². The average molecular weight is 652 g/mol. The number of phenolic OH excluding ortho intramolecular Hbond substituents is 1. The Labute approximate surface area is 272 Å². The maximum atomic E-state index is 13.9. The monoisotopic (exact) mass is 651 g/mol. The van der Waals surface area contributed by atoms with Crippen LogP contribution in [0.4, 0.5) is 4.39 Å². The first kappa shape index (κ1) is 40.3. The quantitative estimate of drug-likeness (QED) is 0.120. The molecule has 0 saturated carbocycles. The zero-order valence-electron chi connectivity index (χ0n) is 28.4. The van der Waals surface area contributed by atoms with Gasteiger partial charge < -0.3 is 36.8 Å². The van der Waals surface area contributed by atoms with Gasteiger partial charge in [-0.1, -0.05) is 61.3 Å². The van der Waals surface area contributed by atoms with E-state index in [-0.39, 0.29) is 42.1 Å².